The topological polar surface area (TPSA) is 56.1 Å². The summed E-state index contributed by atoms with van der Waals surface area (Å²) in [6.07, 6.45) is 4.10. The molecule has 0 aromatic heterocycles. The SMILES string of the molecule is OC1=C(I)C=CN2C1=NC=C(c1ccc(Cl)cc1)C2O. The molecular weight excluding hydrogens is 391 g/mol. The van der Waals surface area contributed by atoms with Crippen LogP contribution >= 0.6 is 34.2 Å². The molecule has 6 heteroatoms. The van der Waals surface area contributed by atoms with E-state index in [1.165, 1.54) is 4.90 Å². The van der Waals surface area contributed by atoms with Gasteiger partial charge in [0.05, 0.1) is 3.58 Å². The van der Waals surface area contributed by atoms with Gasteiger partial charge in [0.1, 0.15) is 0 Å². The Morgan fingerprint density at radius 2 is 1.95 bits per heavy atom. The molecule has 0 spiro atoms. The van der Waals surface area contributed by atoms with Crippen molar-refractivity contribution in [2.24, 2.45) is 4.99 Å². The van der Waals surface area contributed by atoms with Gasteiger partial charge in [-0.25, -0.2) is 4.99 Å². The predicted molar refractivity (Wildman–Crippen MR) is 87.5 cm³/mol. The van der Waals surface area contributed by atoms with Crippen molar-refractivity contribution in [3.8, 4) is 0 Å². The Hall–Kier alpha value is -1.31. The van der Waals surface area contributed by atoms with E-state index in [-0.39, 0.29) is 5.76 Å². The Kier molecular flexibility index (Phi) is 3.57. The number of benzene rings is 1. The quantitative estimate of drug-likeness (QED) is 0.710. The Morgan fingerprint density at radius 3 is 2.65 bits per heavy atom. The van der Waals surface area contributed by atoms with Gasteiger partial charge < -0.3 is 10.2 Å². The molecule has 1 atom stereocenters. The van der Waals surface area contributed by atoms with Gasteiger partial charge in [-0.15, -0.1) is 0 Å². The monoisotopic (exact) mass is 400 g/mol. The number of rotatable bonds is 1. The van der Waals surface area contributed by atoms with Gasteiger partial charge in [0.2, 0.25) is 0 Å². The lowest BCUT2D eigenvalue weighted by molar-refractivity contribution is 0.132. The molecule has 102 valence electrons. The number of nitrogens with zero attached hydrogens (tertiary/aromatic N) is 2. The minimum absolute atomic E-state index is 0.0681. The van der Waals surface area contributed by atoms with E-state index in [9.17, 15) is 10.2 Å². The lowest BCUT2D eigenvalue weighted by Crippen LogP contribution is -2.41. The van der Waals surface area contributed by atoms with Crippen molar-refractivity contribution in [2.75, 3.05) is 0 Å². The number of aliphatic hydroxyl groups is 2. The van der Waals surface area contributed by atoms with Gasteiger partial charge in [-0.05, 0) is 46.4 Å². The molecule has 0 amide bonds. The first-order chi connectivity index (χ1) is 9.58. The average molecular weight is 401 g/mol. The standard InChI is InChI=1S/C14H10ClIN2O2/c15-9-3-1-8(2-4-9)10-7-17-13-12(19)11(16)5-6-18(13)14(10)20/h1-7,14,19-20H. The second kappa shape index (κ2) is 5.23. The summed E-state index contributed by atoms with van der Waals surface area (Å²) in [5.74, 6) is 0.417. The van der Waals surface area contributed by atoms with Crippen molar-refractivity contribution in [3.05, 3.63) is 62.7 Å². The van der Waals surface area contributed by atoms with E-state index in [0.717, 1.165) is 5.56 Å². The number of fused-ring (bicyclic) bond motifs is 1. The molecule has 4 nitrogen and oxygen atoms in total. The van der Waals surface area contributed by atoms with Crippen molar-refractivity contribution in [2.45, 2.75) is 6.23 Å². The Labute approximate surface area is 134 Å². The van der Waals surface area contributed by atoms with Crippen molar-refractivity contribution < 1.29 is 10.2 Å². The molecule has 0 radical (unpaired) electrons. The highest BCUT2D eigenvalue weighted by Crippen LogP contribution is 2.31. The molecule has 1 unspecified atom stereocenters. The molecular formula is C14H10ClIN2O2. The Morgan fingerprint density at radius 1 is 1.25 bits per heavy atom. The first-order valence-corrected chi connectivity index (χ1v) is 7.31. The fraction of sp³-hybridized carbons (Fsp3) is 0.0714. The highest BCUT2D eigenvalue weighted by molar-refractivity contribution is 14.1. The van der Waals surface area contributed by atoms with Crippen LogP contribution in [0.5, 0.6) is 0 Å². The van der Waals surface area contributed by atoms with Gasteiger partial charge in [-0.2, -0.15) is 0 Å². The molecule has 2 heterocycles. The van der Waals surface area contributed by atoms with Gasteiger partial charge in [-0.3, -0.25) is 4.90 Å². The number of allylic oxidation sites excluding steroid dienone is 2. The molecule has 3 rings (SSSR count). The molecule has 0 fully saturated rings. The summed E-state index contributed by atoms with van der Waals surface area (Å²) in [6.45, 7) is 0. The highest BCUT2D eigenvalue weighted by atomic mass is 127. The van der Waals surface area contributed by atoms with E-state index >= 15 is 0 Å². The third-order valence-corrected chi connectivity index (χ3v) is 4.23. The van der Waals surface area contributed by atoms with Crippen LogP contribution in [0.4, 0.5) is 0 Å². The fourth-order valence-corrected chi connectivity index (χ4v) is 2.59. The molecule has 20 heavy (non-hydrogen) atoms. The molecule has 0 aliphatic carbocycles. The Bertz CT molecular complexity index is 677. The first kappa shape index (κ1) is 13.7. The van der Waals surface area contributed by atoms with Gasteiger partial charge in [0.25, 0.3) is 0 Å². The maximum Gasteiger partial charge on any atom is 0.178 e. The summed E-state index contributed by atoms with van der Waals surface area (Å²) in [6, 6.07) is 7.17. The van der Waals surface area contributed by atoms with E-state index < -0.39 is 6.23 Å². The molecule has 0 saturated carbocycles. The van der Waals surface area contributed by atoms with E-state index in [1.54, 1.807) is 30.6 Å². The number of aliphatic hydroxyl groups excluding tert-OH is 2. The van der Waals surface area contributed by atoms with E-state index in [0.29, 0.717) is 20.0 Å². The number of hydrogen-bond donors (Lipinski definition) is 2. The third kappa shape index (κ3) is 2.25. The third-order valence-electron chi connectivity index (χ3n) is 3.11. The van der Waals surface area contributed by atoms with Crippen LogP contribution in [-0.2, 0) is 0 Å². The maximum atomic E-state index is 10.4. The average Bonchev–Trinajstić information content (AvgIpc) is 2.45. The van der Waals surface area contributed by atoms with E-state index in [1.807, 2.05) is 34.7 Å². The van der Waals surface area contributed by atoms with Crippen molar-refractivity contribution in [1.29, 1.82) is 0 Å². The zero-order chi connectivity index (χ0) is 14.3. The molecule has 2 aliphatic heterocycles. The van der Waals surface area contributed by atoms with Gasteiger partial charge in [0, 0.05) is 23.0 Å². The van der Waals surface area contributed by atoms with Crippen LogP contribution in [0.3, 0.4) is 0 Å². The molecule has 0 saturated heterocycles. The van der Waals surface area contributed by atoms with Gasteiger partial charge >= 0.3 is 0 Å². The minimum Gasteiger partial charge on any atom is -0.504 e. The summed E-state index contributed by atoms with van der Waals surface area (Å²) in [4.78, 5) is 5.77. The lowest BCUT2D eigenvalue weighted by Gasteiger charge is -2.33. The number of amidine groups is 1. The van der Waals surface area contributed by atoms with Crippen LogP contribution in [0.15, 0.2) is 57.1 Å². The second-order valence-corrected chi connectivity index (χ2v) is 5.94. The van der Waals surface area contributed by atoms with Crippen LogP contribution in [0.1, 0.15) is 5.56 Å². The van der Waals surface area contributed by atoms with Gasteiger partial charge in [0.15, 0.2) is 17.8 Å². The van der Waals surface area contributed by atoms with Crippen LogP contribution < -0.4 is 0 Å². The molecule has 1 aromatic rings. The normalized spacial score (nSPS) is 21.6. The highest BCUT2D eigenvalue weighted by Gasteiger charge is 2.30. The minimum atomic E-state index is -0.897. The summed E-state index contributed by atoms with van der Waals surface area (Å²) in [7, 11) is 0. The van der Waals surface area contributed by atoms with Crippen LogP contribution in [0.2, 0.25) is 5.02 Å². The van der Waals surface area contributed by atoms with E-state index in [2.05, 4.69) is 4.99 Å². The van der Waals surface area contributed by atoms with Crippen molar-refractivity contribution >= 4 is 45.6 Å². The number of halogens is 2. The zero-order valence-electron chi connectivity index (χ0n) is 10.2. The second-order valence-electron chi connectivity index (χ2n) is 4.34. The van der Waals surface area contributed by atoms with Crippen LogP contribution in [0.25, 0.3) is 5.57 Å². The van der Waals surface area contributed by atoms with Gasteiger partial charge in [-0.1, -0.05) is 23.7 Å². The van der Waals surface area contributed by atoms with Crippen LogP contribution in [-0.4, -0.2) is 27.2 Å². The first-order valence-electron chi connectivity index (χ1n) is 5.85. The summed E-state index contributed by atoms with van der Waals surface area (Å²) in [5.41, 5.74) is 1.49. The van der Waals surface area contributed by atoms with E-state index in [4.69, 9.17) is 11.6 Å². The largest absolute Gasteiger partial charge is 0.504 e. The predicted octanol–water partition coefficient (Wildman–Crippen LogP) is 3.45. The smallest absolute Gasteiger partial charge is 0.178 e. The summed E-state index contributed by atoms with van der Waals surface area (Å²) in [5, 5.41) is 21.1. The number of hydrogen-bond acceptors (Lipinski definition) is 4. The molecule has 1 aromatic carbocycles. The summed E-state index contributed by atoms with van der Waals surface area (Å²) >= 11 is 7.88. The molecule has 0 bridgehead atoms. The fourth-order valence-electron chi connectivity index (χ4n) is 2.06. The molecule has 2 aliphatic rings. The van der Waals surface area contributed by atoms with Crippen molar-refractivity contribution in [3.63, 3.8) is 0 Å². The maximum absolute atomic E-state index is 10.4. The number of aliphatic imine (C=N–C) groups is 1. The zero-order valence-corrected chi connectivity index (χ0v) is 13.1. The molecule has 2 N–H and O–H groups in total. The lowest BCUT2D eigenvalue weighted by atomic mass is 10.0. The van der Waals surface area contributed by atoms with Crippen molar-refractivity contribution in [1.82, 2.24) is 4.90 Å². The Balaban J connectivity index is 2.04. The summed E-state index contributed by atoms with van der Waals surface area (Å²) < 4.78 is 0.688. The van der Waals surface area contributed by atoms with Crippen LogP contribution in [0, 0.1) is 0 Å².